The van der Waals surface area contributed by atoms with Crippen molar-refractivity contribution in [3.05, 3.63) is 17.7 Å². The number of hydrogen-bond donors (Lipinski definition) is 2. The first-order valence-corrected chi connectivity index (χ1v) is 4.09. The summed E-state index contributed by atoms with van der Waals surface area (Å²) in [7, 11) is 0. The molecule has 1 heterocycles. The van der Waals surface area contributed by atoms with Crippen molar-refractivity contribution in [1.29, 1.82) is 0 Å². The van der Waals surface area contributed by atoms with Crippen LogP contribution in [0.4, 0.5) is 0 Å². The van der Waals surface area contributed by atoms with Crippen molar-refractivity contribution in [2.75, 3.05) is 0 Å². The number of nitrogens with one attached hydrogen (secondary N) is 1. The highest BCUT2D eigenvalue weighted by Crippen LogP contribution is 2.04. The van der Waals surface area contributed by atoms with Crippen molar-refractivity contribution < 1.29 is 0 Å². The summed E-state index contributed by atoms with van der Waals surface area (Å²) >= 11 is 0. The highest BCUT2D eigenvalue weighted by atomic mass is 15.2. The molecule has 3 N–H and O–H groups in total. The molecule has 0 spiro atoms. The third-order valence-corrected chi connectivity index (χ3v) is 2.10. The molecule has 0 amide bonds. The summed E-state index contributed by atoms with van der Waals surface area (Å²) in [6.07, 6.45) is 1.85. The van der Waals surface area contributed by atoms with Gasteiger partial charge in [0.25, 0.3) is 0 Å². The van der Waals surface area contributed by atoms with E-state index in [1.807, 2.05) is 20.2 Å². The summed E-state index contributed by atoms with van der Waals surface area (Å²) in [5, 5.41) is 0. The third-order valence-electron chi connectivity index (χ3n) is 2.10. The number of rotatable bonds is 3. The van der Waals surface area contributed by atoms with Crippen LogP contribution in [0.25, 0.3) is 0 Å². The molecule has 1 aromatic rings. The van der Waals surface area contributed by atoms with Crippen LogP contribution >= 0.6 is 0 Å². The van der Waals surface area contributed by atoms with E-state index in [-0.39, 0.29) is 6.04 Å². The highest BCUT2D eigenvalue weighted by molar-refractivity contribution is 5.08. The summed E-state index contributed by atoms with van der Waals surface area (Å²) in [5.41, 5.74) is 4.99. The van der Waals surface area contributed by atoms with Crippen LogP contribution in [0.2, 0.25) is 0 Å². The number of nitrogens with zero attached hydrogens (tertiary/aromatic N) is 2. The van der Waals surface area contributed by atoms with Gasteiger partial charge in [0, 0.05) is 18.3 Å². The quantitative estimate of drug-likeness (QED) is 0.506. The first kappa shape index (κ1) is 9.22. The molecule has 12 heavy (non-hydrogen) atoms. The molecule has 4 nitrogen and oxygen atoms in total. The maximum atomic E-state index is 5.29. The number of aryl methyl sites for hydroxylation is 1. The van der Waals surface area contributed by atoms with E-state index in [1.54, 1.807) is 0 Å². The predicted molar refractivity (Wildman–Crippen MR) is 48.5 cm³/mol. The molecule has 4 heteroatoms. The van der Waals surface area contributed by atoms with E-state index >= 15 is 0 Å². The van der Waals surface area contributed by atoms with E-state index in [2.05, 4.69) is 21.9 Å². The van der Waals surface area contributed by atoms with Gasteiger partial charge in [-0.1, -0.05) is 0 Å². The molecule has 0 radical (unpaired) electrons. The monoisotopic (exact) mass is 168 g/mol. The lowest BCUT2D eigenvalue weighted by atomic mass is 10.3. The van der Waals surface area contributed by atoms with Crippen molar-refractivity contribution in [2.45, 2.75) is 33.4 Å². The Hall–Kier alpha value is -0.870. The SMILES string of the molecule is Cc1ncn(CC(C)NN)c1C. The molecule has 0 saturated carbocycles. The Kier molecular flexibility index (Phi) is 2.83. The van der Waals surface area contributed by atoms with E-state index < -0.39 is 0 Å². The fourth-order valence-corrected chi connectivity index (χ4v) is 1.08. The average molecular weight is 168 g/mol. The topological polar surface area (TPSA) is 55.9 Å². The number of nitrogens with two attached hydrogens (primary N) is 1. The first-order valence-electron chi connectivity index (χ1n) is 4.09. The van der Waals surface area contributed by atoms with Crippen molar-refractivity contribution in [3.63, 3.8) is 0 Å². The van der Waals surface area contributed by atoms with Crippen LogP contribution in [-0.4, -0.2) is 15.6 Å². The lowest BCUT2D eigenvalue weighted by Crippen LogP contribution is -2.35. The first-order chi connectivity index (χ1) is 5.65. The predicted octanol–water partition coefficient (Wildman–Crippen LogP) is 0.352. The molecule has 0 aliphatic rings. The Morgan fingerprint density at radius 1 is 1.67 bits per heavy atom. The molecule has 0 aromatic carbocycles. The number of hydrazine groups is 1. The fraction of sp³-hybridized carbons (Fsp3) is 0.625. The Labute approximate surface area is 72.8 Å². The molecular weight excluding hydrogens is 152 g/mol. The van der Waals surface area contributed by atoms with Crippen LogP contribution < -0.4 is 11.3 Å². The summed E-state index contributed by atoms with van der Waals surface area (Å²) in [5.74, 6) is 5.29. The van der Waals surface area contributed by atoms with Gasteiger partial charge in [0.1, 0.15) is 0 Å². The fourth-order valence-electron chi connectivity index (χ4n) is 1.08. The summed E-state index contributed by atoms with van der Waals surface area (Å²) < 4.78 is 2.10. The molecule has 1 aromatic heterocycles. The molecule has 0 fully saturated rings. The van der Waals surface area contributed by atoms with Gasteiger partial charge in [-0.3, -0.25) is 11.3 Å². The minimum atomic E-state index is 0.275. The normalized spacial score (nSPS) is 13.3. The molecule has 68 valence electrons. The number of imidazole rings is 1. The standard InChI is InChI=1S/C8H16N4/c1-6(11-9)4-12-5-10-7(2)8(12)3/h5-6,11H,4,9H2,1-3H3. The van der Waals surface area contributed by atoms with Gasteiger partial charge < -0.3 is 4.57 Å². The highest BCUT2D eigenvalue weighted by Gasteiger charge is 2.04. The summed E-state index contributed by atoms with van der Waals surface area (Å²) in [4.78, 5) is 4.20. The van der Waals surface area contributed by atoms with E-state index in [4.69, 9.17) is 5.84 Å². The van der Waals surface area contributed by atoms with E-state index in [0.717, 1.165) is 12.2 Å². The zero-order valence-corrected chi connectivity index (χ0v) is 7.83. The maximum absolute atomic E-state index is 5.29. The van der Waals surface area contributed by atoms with Gasteiger partial charge in [-0.15, -0.1) is 0 Å². The zero-order valence-electron chi connectivity index (χ0n) is 7.83. The van der Waals surface area contributed by atoms with Gasteiger partial charge in [-0.25, -0.2) is 4.98 Å². The number of aromatic nitrogens is 2. The lowest BCUT2D eigenvalue weighted by molar-refractivity contribution is 0.484. The Bertz CT molecular complexity index is 254. The zero-order chi connectivity index (χ0) is 9.14. The third kappa shape index (κ3) is 1.84. The van der Waals surface area contributed by atoms with Crippen LogP contribution in [0, 0.1) is 13.8 Å². The van der Waals surface area contributed by atoms with Gasteiger partial charge in [-0.05, 0) is 20.8 Å². The molecule has 0 bridgehead atoms. The second-order valence-corrected chi connectivity index (χ2v) is 3.14. The minimum absolute atomic E-state index is 0.275. The maximum Gasteiger partial charge on any atom is 0.0951 e. The largest absolute Gasteiger partial charge is 0.333 e. The van der Waals surface area contributed by atoms with Crippen molar-refractivity contribution in [3.8, 4) is 0 Å². The molecule has 0 saturated heterocycles. The Morgan fingerprint density at radius 2 is 2.33 bits per heavy atom. The number of hydrogen-bond acceptors (Lipinski definition) is 3. The minimum Gasteiger partial charge on any atom is -0.333 e. The second-order valence-electron chi connectivity index (χ2n) is 3.14. The van der Waals surface area contributed by atoms with Gasteiger partial charge in [-0.2, -0.15) is 0 Å². The average Bonchev–Trinajstić information content (AvgIpc) is 2.36. The van der Waals surface area contributed by atoms with E-state index in [9.17, 15) is 0 Å². The van der Waals surface area contributed by atoms with Crippen LogP contribution in [-0.2, 0) is 6.54 Å². The smallest absolute Gasteiger partial charge is 0.0951 e. The van der Waals surface area contributed by atoms with Crippen LogP contribution in [0.3, 0.4) is 0 Å². The molecule has 0 aliphatic heterocycles. The lowest BCUT2D eigenvalue weighted by Gasteiger charge is -2.11. The molecule has 1 atom stereocenters. The Balaban J connectivity index is 2.69. The van der Waals surface area contributed by atoms with Crippen molar-refractivity contribution in [2.24, 2.45) is 5.84 Å². The molecular formula is C8H16N4. The van der Waals surface area contributed by atoms with Gasteiger partial charge in [0.15, 0.2) is 0 Å². The van der Waals surface area contributed by atoms with Gasteiger partial charge >= 0.3 is 0 Å². The van der Waals surface area contributed by atoms with E-state index in [1.165, 1.54) is 5.69 Å². The van der Waals surface area contributed by atoms with Crippen LogP contribution in [0.15, 0.2) is 6.33 Å². The summed E-state index contributed by atoms with van der Waals surface area (Å²) in [6.45, 7) is 6.97. The van der Waals surface area contributed by atoms with Gasteiger partial charge in [0.2, 0.25) is 0 Å². The molecule has 1 rings (SSSR count). The summed E-state index contributed by atoms with van der Waals surface area (Å²) in [6, 6.07) is 0.275. The van der Waals surface area contributed by atoms with Crippen LogP contribution in [0.5, 0.6) is 0 Å². The van der Waals surface area contributed by atoms with E-state index in [0.29, 0.717) is 0 Å². The molecule has 1 unspecified atom stereocenters. The van der Waals surface area contributed by atoms with Crippen molar-refractivity contribution in [1.82, 2.24) is 15.0 Å². The molecule has 0 aliphatic carbocycles. The second kappa shape index (κ2) is 3.69. The van der Waals surface area contributed by atoms with Crippen molar-refractivity contribution >= 4 is 0 Å². The Morgan fingerprint density at radius 3 is 2.75 bits per heavy atom. The van der Waals surface area contributed by atoms with Gasteiger partial charge in [0.05, 0.1) is 12.0 Å². The van der Waals surface area contributed by atoms with Crippen LogP contribution in [0.1, 0.15) is 18.3 Å².